The maximum atomic E-state index is 2.36. The summed E-state index contributed by atoms with van der Waals surface area (Å²) in [7, 11) is 0. The third-order valence-corrected chi connectivity index (χ3v) is 8.66. The lowest BCUT2D eigenvalue weighted by Crippen LogP contribution is -1.92. The molecule has 2 aromatic heterocycles. The van der Waals surface area contributed by atoms with Crippen molar-refractivity contribution in [2.24, 2.45) is 0 Å². The van der Waals surface area contributed by atoms with Gasteiger partial charge >= 0.3 is 0 Å². The predicted molar refractivity (Wildman–Crippen MR) is 152 cm³/mol. The second-order valence-corrected chi connectivity index (χ2v) is 10.5. The van der Waals surface area contributed by atoms with Crippen LogP contribution < -0.4 is 0 Å². The van der Waals surface area contributed by atoms with Crippen LogP contribution in [-0.2, 0) is 0 Å². The number of rotatable bonds is 2. The molecule has 8 rings (SSSR count). The van der Waals surface area contributed by atoms with Crippen LogP contribution in [-0.4, -0.2) is 0 Å². The highest BCUT2D eigenvalue weighted by molar-refractivity contribution is 7.08. The molecule has 0 N–H and O–H groups in total. The summed E-state index contributed by atoms with van der Waals surface area (Å²) in [6.45, 7) is 0. The first-order valence-corrected chi connectivity index (χ1v) is 13.4. The lowest BCUT2D eigenvalue weighted by Gasteiger charge is -2.20. The normalized spacial score (nSPS) is 12.1. The SMILES string of the molecule is c1ccc2c(c1)c(-c1ccsc1)c1ccc3c4ccccc4c(-c4ccsc4)c4ccc2c1c43. The van der Waals surface area contributed by atoms with Crippen molar-refractivity contribution in [3.63, 3.8) is 0 Å². The molecular formula is C32H18S2. The zero-order valence-electron chi connectivity index (χ0n) is 18.2. The van der Waals surface area contributed by atoms with Gasteiger partial charge in [-0.1, -0.05) is 72.8 Å². The minimum Gasteiger partial charge on any atom is -0.152 e. The summed E-state index contributed by atoms with van der Waals surface area (Å²) in [4.78, 5) is 0. The van der Waals surface area contributed by atoms with Crippen molar-refractivity contribution >= 4 is 76.5 Å². The van der Waals surface area contributed by atoms with E-state index >= 15 is 0 Å². The average molecular weight is 467 g/mol. The molecule has 34 heavy (non-hydrogen) atoms. The van der Waals surface area contributed by atoms with Gasteiger partial charge in [0.15, 0.2) is 0 Å². The standard InChI is InChI=1S/C32H18S2/c1-3-7-23-21(5-1)25-9-11-28-30(20-14-16-34-18-20)24-8-4-2-6-22(24)26-10-12-27(31(25)32(26)28)29(23)19-13-15-33-17-19/h1-18H. The fourth-order valence-corrected chi connectivity index (χ4v) is 7.25. The molecule has 0 aliphatic heterocycles. The number of thiophene rings is 2. The smallest absolute Gasteiger partial charge is 0.00137 e. The number of benzene rings is 6. The highest BCUT2D eigenvalue weighted by Crippen LogP contribution is 2.49. The molecule has 0 fully saturated rings. The van der Waals surface area contributed by atoms with E-state index in [1.54, 1.807) is 22.7 Å². The Morgan fingerprint density at radius 1 is 0.353 bits per heavy atom. The molecule has 0 saturated heterocycles. The number of hydrogen-bond acceptors (Lipinski definition) is 2. The third-order valence-electron chi connectivity index (χ3n) is 7.29. The van der Waals surface area contributed by atoms with Crippen LogP contribution in [0.15, 0.2) is 106 Å². The van der Waals surface area contributed by atoms with E-state index in [-0.39, 0.29) is 0 Å². The highest BCUT2D eigenvalue weighted by Gasteiger charge is 2.20. The Morgan fingerprint density at radius 3 is 1.18 bits per heavy atom. The lowest BCUT2D eigenvalue weighted by atomic mass is 9.82. The zero-order chi connectivity index (χ0) is 22.2. The van der Waals surface area contributed by atoms with Crippen LogP contribution in [0.2, 0.25) is 0 Å². The van der Waals surface area contributed by atoms with E-state index in [1.807, 2.05) is 0 Å². The monoisotopic (exact) mass is 466 g/mol. The van der Waals surface area contributed by atoms with Gasteiger partial charge in [0.2, 0.25) is 0 Å². The van der Waals surface area contributed by atoms with E-state index in [4.69, 9.17) is 0 Å². The Kier molecular flexibility index (Phi) is 3.79. The Bertz CT molecular complexity index is 1840. The molecule has 2 heteroatoms. The Hall–Kier alpha value is -3.72. The van der Waals surface area contributed by atoms with Crippen LogP contribution in [0.1, 0.15) is 0 Å². The highest BCUT2D eigenvalue weighted by atomic mass is 32.1. The summed E-state index contributed by atoms with van der Waals surface area (Å²) in [5.74, 6) is 0. The maximum absolute atomic E-state index is 2.36. The molecule has 0 nitrogen and oxygen atoms in total. The fourth-order valence-electron chi connectivity index (χ4n) is 5.96. The first-order chi connectivity index (χ1) is 16.9. The first-order valence-electron chi connectivity index (χ1n) is 11.5. The summed E-state index contributed by atoms with van der Waals surface area (Å²) in [5.41, 5.74) is 5.32. The molecule has 0 bridgehead atoms. The van der Waals surface area contributed by atoms with Crippen LogP contribution in [0.5, 0.6) is 0 Å². The van der Waals surface area contributed by atoms with Gasteiger partial charge in [-0.25, -0.2) is 0 Å². The van der Waals surface area contributed by atoms with Gasteiger partial charge in [0.05, 0.1) is 0 Å². The van der Waals surface area contributed by atoms with Crippen molar-refractivity contribution in [3.8, 4) is 22.3 Å². The number of fused-ring (bicyclic) bond motifs is 4. The Balaban J connectivity index is 1.71. The summed E-state index contributed by atoms with van der Waals surface area (Å²) in [5, 5.41) is 22.4. The van der Waals surface area contributed by atoms with E-state index in [2.05, 4.69) is 106 Å². The summed E-state index contributed by atoms with van der Waals surface area (Å²) in [6.07, 6.45) is 0. The van der Waals surface area contributed by atoms with E-state index in [1.165, 1.54) is 76.1 Å². The third kappa shape index (κ3) is 2.37. The van der Waals surface area contributed by atoms with Gasteiger partial charge in [0.1, 0.15) is 0 Å². The second kappa shape index (κ2) is 6.89. The minimum atomic E-state index is 1.31. The first kappa shape index (κ1) is 18.7. The average Bonchev–Trinajstić information content (AvgIpc) is 3.61. The quantitative estimate of drug-likeness (QED) is 0.176. The predicted octanol–water partition coefficient (Wildman–Crippen LogP) is 10.3. The van der Waals surface area contributed by atoms with E-state index in [9.17, 15) is 0 Å². The summed E-state index contributed by atoms with van der Waals surface area (Å²) >= 11 is 3.53. The topological polar surface area (TPSA) is 0 Å². The van der Waals surface area contributed by atoms with E-state index in [0.29, 0.717) is 0 Å². The zero-order valence-corrected chi connectivity index (χ0v) is 19.8. The van der Waals surface area contributed by atoms with Crippen molar-refractivity contribution < 1.29 is 0 Å². The minimum absolute atomic E-state index is 1.31. The summed E-state index contributed by atoms with van der Waals surface area (Å²) < 4.78 is 0. The van der Waals surface area contributed by atoms with Gasteiger partial charge < -0.3 is 0 Å². The van der Waals surface area contributed by atoms with E-state index in [0.717, 1.165) is 0 Å². The van der Waals surface area contributed by atoms with Crippen molar-refractivity contribution in [2.45, 2.75) is 0 Å². The number of hydrogen-bond donors (Lipinski definition) is 0. The Morgan fingerprint density at radius 2 is 0.765 bits per heavy atom. The maximum Gasteiger partial charge on any atom is -0.00137 e. The van der Waals surface area contributed by atoms with Gasteiger partial charge in [0, 0.05) is 0 Å². The van der Waals surface area contributed by atoms with Crippen LogP contribution in [0, 0.1) is 0 Å². The second-order valence-electron chi connectivity index (χ2n) is 8.94. The molecule has 0 spiro atoms. The van der Waals surface area contributed by atoms with Gasteiger partial charge in [-0.05, 0) is 110 Å². The van der Waals surface area contributed by atoms with Crippen molar-refractivity contribution in [1.29, 1.82) is 0 Å². The molecule has 6 aromatic carbocycles. The molecule has 0 unspecified atom stereocenters. The molecule has 2 heterocycles. The largest absolute Gasteiger partial charge is 0.152 e. The molecule has 0 saturated carbocycles. The molecule has 0 amide bonds. The van der Waals surface area contributed by atoms with Gasteiger partial charge in [-0.2, -0.15) is 22.7 Å². The van der Waals surface area contributed by atoms with Crippen LogP contribution in [0.3, 0.4) is 0 Å². The molecule has 158 valence electrons. The molecular weight excluding hydrogens is 448 g/mol. The molecule has 0 radical (unpaired) electrons. The van der Waals surface area contributed by atoms with Crippen LogP contribution in [0.4, 0.5) is 0 Å². The Labute approximate surface area is 204 Å². The van der Waals surface area contributed by atoms with Gasteiger partial charge in [-0.3, -0.25) is 0 Å². The molecule has 0 aliphatic carbocycles. The molecule has 0 atom stereocenters. The van der Waals surface area contributed by atoms with E-state index < -0.39 is 0 Å². The summed E-state index contributed by atoms with van der Waals surface area (Å²) in [6, 6.07) is 31.8. The van der Waals surface area contributed by atoms with Gasteiger partial charge in [0.25, 0.3) is 0 Å². The molecule has 8 aromatic rings. The van der Waals surface area contributed by atoms with Crippen molar-refractivity contribution in [1.82, 2.24) is 0 Å². The van der Waals surface area contributed by atoms with Crippen molar-refractivity contribution in [2.75, 3.05) is 0 Å². The van der Waals surface area contributed by atoms with Crippen LogP contribution >= 0.6 is 22.7 Å². The fraction of sp³-hybridized carbons (Fsp3) is 0. The van der Waals surface area contributed by atoms with Crippen molar-refractivity contribution in [3.05, 3.63) is 106 Å². The van der Waals surface area contributed by atoms with Crippen LogP contribution in [0.25, 0.3) is 76.1 Å². The molecule has 0 aliphatic rings. The van der Waals surface area contributed by atoms with Gasteiger partial charge in [-0.15, -0.1) is 0 Å². The lowest BCUT2D eigenvalue weighted by molar-refractivity contribution is 1.75.